The van der Waals surface area contributed by atoms with Gasteiger partial charge in [0.05, 0.1) is 6.61 Å². The van der Waals surface area contributed by atoms with Gasteiger partial charge in [-0.3, -0.25) is 0 Å². The lowest BCUT2D eigenvalue weighted by molar-refractivity contribution is 0.152. The van der Waals surface area contributed by atoms with Gasteiger partial charge in [0.2, 0.25) is 10.0 Å². The zero-order chi connectivity index (χ0) is 15.5. The molecule has 5 nitrogen and oxygen atoms in total. The summed E-state index contributed by atoms with van der Waals surface area (Å²) in [5, 5.41) is 5.51. The Morgan fingerprint density at radius 1 is 1.43 bits per heavy atom. The highest BCUT2D eigenvalue weighted by molar-refractivity contribution is 7.89. The fraction of sp³-hybridized carbons (Fsp3) is 0.571. The number of halogens is 1. The van der Waals surface area contributed by atoms with Crippen molar-refractivity contribution in [3.8, 4) is 5.75 Å². The van der Waals surface area contributed by atoms with Crippen LogP contribution < -0.4 is 9.88 Å². The second kappa shape index (κ2) is 6.96. The van der Waals surface area contributed by atoms with Gasteiger partial charge in [-0.2, -0.15) is 0 Å². The molecule has 1 fully saturated rings. The summed E-state index contributed by atoms with van der Waals surface area (Å²) < 4.78 is 28.7. The third kappa shape index (κ3) is 4.57. The van der Waals surface area contributed by atoms with Crippen molar-refractivity contribution in [3.05, 3.63) is 23.2 Å². The Labute approximate surface area is 131 Å². The molecule has 0 aliphatic carbocycles. The van der Waals surface area contributed by atoms with E-state index in [1.54, 1.807) is 12.1 Å². The Hall–Kier alpha value is -0.820. The number of hydrogen-bond acceptors (Lipinski definition) is 4. The van der Waals surface area contributed by atoms with Gasteiger partial charge in [0.1, 0.15) is 10.6 Å². The highest BCUT2D eigenvalue weighted by Gasteiger charge is 2.20. The summed E-state index contributed by atoms with van der Waals surface area (Å²) in [5.74, 6) is 0.264. The van der Waals surface area contributed by atoms with Gasteiger partial charge in [-0.05, 0) is 51.1 Å². The molecule has 1 aliphatic rings. The quantitative estimate of drug-likeness (QED) is 0.897. The molecule has 1 saturated heterocycles. The summed E-state index contributed by atoms with van der Waals surface area (Å²) >= 11 is 5.82. The van der Waals surface area contributed by atoms with E-state index in [9.17, 15) is 8.42 Å². The monoisotopic (exact) mass is 332 g/mol. The van der Waals surface area contributed by atoms with Crippen LogP contribution >= 0.6 is 11.6 Å². The number of ether oxygens (including phenoxy) is 1. The Balaban J connectivity index is 2.00. The molecule has 2 N–H and O–H groups in total. The molecule has 0 bridgehead atoms. The maximum Gasteiger partial charge on any atom is 0.241 e. The molecule has 7 heteroatoms. The standard InChI is InChI=1S/C14H21ClN2O3S/c1-17-8-3-2-4-12(17)7-9-20-13-6-5-11(15)10-14(13)21(16,18)19/h5-6,10,12H,2-4,7-9H2,1H3,(H2,16,18,19). The average molecular weight is 333 g/mol. The van der Waals surface area contributed by atoms with E-state index >= 15 is 0 Å². The molecule has 0 spiro atoms. The first-order valence-corrected chi connectivity index (χ1v) is 8.96. The van der Waals surface area contributed by atoms with Crippen LogP contribution in [0.5, 0.6) is 5.75 Å². The lowest BCUT2D eigenvalue weighted by Gasteiger charge is -2.32. The summed E-state index contributed by atoms with van der Waals surface area (Å²) in [7, 11) is -1.73. The van der Waals surface area contributed by atoms with E-state index in [4.69, 9.17) is 21.5 Å². The number of piperidine rings is 1. The molecule has 0 amide bonds. The zero-order valence-electron chi connectivity index (χ0n) is 12.1. The van der Waals surface area contributed by atoms with Crippen molar-refractivity contribution in [1.29, 1.82) is 0 Å². The van der Waals surface area contributed by atoms with Crippen molar-refractivity contribution in [2.24, 2.45) is 5.14 Å². The SMILES string of the molecule is CN1CCCCC1CCOc1ccc(Cl)cc1S(N)(=O)=O. The Morgan fingerprint density at radius 2 is 2.19 bits per heavy atom. The van der Waals surface area contributed by atoms with Crippen LogP contribution in [-0.2, 0) is 10.0 Å². The first kappa shape index (κ1) is 16.5. The van der Waals surface area contributed by atoms with E-state index in [0.717, 1.165) is 19.4 Å². The zero-order valence-corrected chi connectivity index (χ0v) is 13.7. The van der Waals surface area contributed by atoms with E-state index in [1.807, 2.05) is 0 Å². The highest BCUT2D eigenvalue weighted by Crippen LogP contribution is 2.27. The molecule has 1 atom stereocenters. The maximum absolute atomic E-state index is 11.6. The first-order valence-electron chi connectivity index (χ1n) is 7.03. The van der Waals surface area contributed by atoms with Gasteiger partial charge in [0, 0.05) is 11.1 Å². The second-order valence-electron chi connectivity index (χ2n) is 5.40. The van der Waals surface area contributed by atoms with Gasteiger partial charge in [-0.1, -0.05) is 18.0 Å². The molecule has 118 valence electrons. The number of nitrogens with two attached hydrogens (primary N) is 1. The maximum atomic E-state index is 11.6. The Kier molecular flexibility index (Phi) is 5.48. The molecule has 1 aromatic rings. The van der Waals surface area contributed by atoms with Crippen LogP contribution in [0.25, 0.3) is 0 Å². The summed E-state index contributed by atoms with van der Waals surface area (Å²) in [6, 6.07) is 4.95. The van der Waals surface area contributed by atoms with Gasteiger partial charge in [-0.15, -0.1) is 0 Å². The third-order valence-electron chi connectivity index (χ3n) is 3.84. The van der Waals surface area contributed by atoms with Crippen molar-refractivity contribution in [1.82, 2.24) is 4.90 Å². The van der Waals surface area contributed by atoms with E-state index in [2.05, 4.69) is 11.9 Å². The molecular weight excluding hydrogens is 312 g/mol. The molecule has 21 heavy (non-hydrogen) atoms. The minimum atomic E-state index is -3.84. The van der Waals surface area contributed by atoms with Crippen LogP contribution in [0.3, 0.4) is 0 Å². The van der Waals surface area contributed by atoms with E-state index < -0.39 is 10.0 Å². The largest absolute Gasteiger partial charge is 0.492 e. The average Bonchev–Trinajstić information content (AvgIpc) is 2.41. The van der Waals surface area contributed by atoms with Crippen LogP contribution in [0.4, 0.5) is 0 Å². The lowest BCUT2D eigenvalue weighted by Crippen LogP contribution is -2.37. The topological polar surface area (TPSA) is 72.6 Å². The smallest absolute Gasteiger partial charge is 0.241 e. The van der Waals surface area contributed by atoms with E-state index in [1.165, 1.54) is 18.9 Å². The fourth-order valence-corrected chi connectivity index (χ4v) is 3.57. The Morgan fingerprint density at radius 3 is 2.86 bits per heavy atom. The van der Waals surface area contributed by atoms with Crippen molar-refractivity contribution in [2.75, 3.05) is 20.2 Å². The van der Waals surface area contributed by atoms with Crippen molar-refractivity contribution >= 4 is 21.6 Å². The van der Waals surface area contributed by atoms with Crippen molar-refractivity contribution < 1.29 is 13.2 Å². The number of rotatable bonds is 5. The van der Waals surface area contributed by atoms with Crippen LogP contribution in [-0.4, -0.2) is 39.6 Å². The molecule has 0 saturated carbocycles. The molecule has 1 aliphatic heterocycles. The molecular formula is C14H21ClN2O3S. The van der Waals surface area contributed by atoms with E-state index in [-0.39, 0.29) is 10.6 Å². The van der Waals surface area contributed by atoms with Gasteiger partial charge in [0.15, 0.2) is 0 Å². The summed E-state index contributed by atoms with van der Waals surface area (Å²) in [6.45, 7) is 1.56. The summed E-state index contributed by atoms with van der Waals surface area (Å²) in [6.07, 6.45) is 4.49. The summed E-state index contributed by atoms with van der Waals surface area (Å²) in [5.41, 5.74) is 0. The molecule has 2 rings (SSSR count). The van der Waals surface area contributed by atoms with Crippen LogP contribution in [0.2, 0.25) is 5.02 Å². The number of benzene rings is 1. The molecule has 1 heterocycles. The minimum absolute atomic E-state index is 0.0630. The number of primary sulfonamides is 1. The molecule has 0 aromatic heterocycles. The van der Waals surface area contributed by atoms with Crippen LogP contribution in [0.1, 0.15) is 25.7 Å². The Bertz CT molecular complexity index is 592. The predicted molar refractivity (Wildman–Crippen MR) is 83.2 cm³/mol. The van der Waals surface area contributed by atoms with E-state index in [0.29, 0.717) is 17.7 Å². The van der Waals surface area contributed by atoms with Crippen LogP contribution in [0.15, 0.2) is 23.1 Å². The molecule has 1 unspecified atom stereocenters. The lowest BCUT2D eigenvalue weighted by atomic mass is 10.0. The van der Waals surface area contributed by atoms with Gasteiger partial charge < -0.3 is 9.64 Å². The second-order valence-corrected chi connectivity index (χ2v) is 7.37. The number of likely N-dealkylation sites (tertiary alicyclic amines) is 1. The van der Waals surface area contributed by atoms with Gasteiger partial charge >= 0.3 is 0 Å². The van der Waals surface area contributed by atoms with Crippen LogP contribution in [0, 0.1) is 0 Å². The molecule has 0 radical (unpaired) electrons. The minimum Gasteiger partial charge on any atom is -0.492 e. The molecule has 1 aromatic carbocycles. The number of sulfonamides is 1. The highest BCUT2D eigenvalue weighted by atomic mass is 35.5. The van der Waals surface area contributed by atoms with Gasteiger partial charge in [0.25, 0.3) is 0 Å². The van der Waals surface area contributed by atoms with Crippen molar-refractivity contribution in [2.45, 2.75) is 36.6 Å². The first-order chi connectivity index (χ1) is 9.88. The summed E-state index contributed by atoms with van der Waals surface area (Å²) in [4.78, 5) is 2.27. The number of nitrogens with zero attached hydrogens (tertiary/aromatic N) is 1. The van der Waals surface area contributed by atoms with Gasteiger partial charge in [-0.25, -0.2) is 13.6 Å². The third-order valence-corrected chi connectivity index (χ3v) is 5.01. The fourth-order valence-electron chi connectivity index (χ4n) is 2.64. The number of hydrogen-bond donors (Lipinski definition) is 1. The van der Waals surface area contributed by atoms with Crippen molar-refractivity contribution in [3.63, 3.8) is 0 Å². The predicted octanol–water partition coefficient (Wildman–Crippen LogP) is 2.24. The normalized spacial score (nSPS) is 20.4.